The van der Waals surface area contributed by atoms with E-state index in [4.69, 9.17) is 10.9 Å². The number of para-hydroxylation sites is 1. The Morgan fingerprint density at radius 2 is 2.09 bits per heavy atom. The van der Waals surface area contributed by atoms with E-state index >= 15 is 0 Å². The van der Waals surface area contributed by atoms with Gasteiger partial charge in [0.15, 0.2) is 5.82 Å². The van der Waals surface area contributed by atoms with Crippen molar-refractivity contribution < 1.29 is 5.21 Å². The number of benzene rings is 1. The number of nitrogen functional groups attached to an aromatic ring is 1. The standard InChI is InChI=1S/C16H19N5O/c1-10(20-22)6-5-9-21-11(2)18-14-15(21)12-7-3-4-8-13(12)19-16(14)17/h3-4,7-8,22H,5-6,9H2,1-2H3,(H2,17,19)/b20-10+. The summed E-state index contributed by atoms with van der Waals surface area (Å²) in [5, 5.41) is 13.0. The van der Waals surface area contributed by atoms with Crippen LogP contribution in [0.1, 0.15) is 25.6 Å². The molecule has 0 aliphatic carbocycles. The van der Waals surface area contributed by atoms with Crippen molar-refractivity contribution in [2.24, 2.45) is 5.16 Å². The lowest BCUT2D eigenvalue weighted by Crippen LogP contribution is -2.03. The predicted octanol–water partition coefficient (Wildman–Crippen LogP) is 3.11. The summed E-state index contributed by atoms with van der Waals surface area (Å²) in [6.45, 7) is 4.58. The van der Waals surface area contributed by atoms with Crippen molar-refractivity contribution in [3.05, 3.63) is 30.1 Å². The molecule has 6 heteroatoms. The zero-order valence-corrected chi connectivity index (χ0v) is 12.7. The third-order valence-corrected chi connectivity index (χ3v) is 3.89. The number of aryl methyl sites for hydroxylation is 2. The van der Waals surface area contributed by atoms with E-state index in [1.807, 2.05) is 38.1 Å². The third-order valence-electron chi connectivity index (χ3n) is 3.89. The number of imidazole rings is 1. The number of anilines is 1. The lowest BCUT2D eigenvalue weighted by atomic mass is 10.1. The maximum absolute atomic E-state index is 8.74. The maximum atomic E-state index is 8.74. The van der Waals surface area contributed by atoms with Gasteiger partial charge in [-0.25, -0.2) is 9.97 Å². The quantitative estimate of drug-likeness (QED) is 0.440. The van der Waals surface area contributed by atoms with Crippen LogP contribution in [0.5, 0.6) is 0 Å². The molecule has 2 aromatic heterocycles. The molecule has 0 radical (unpaired) electrons. The second-order valence-electron chi connectivity index (χ2n) is 5.46. The molecule has 0 saturated heterocycles. The van der Waals surface area contributed by atoms with Crippen LogP contribution in [0.25, 0.3) is 21.9 Å². The molecule has 0 unspecified atom stereocenters. The summed E-state index contributed by atoms with van der Waals surface area (Å²) in [5.41, 5.74) is 9.45. The lowest BCUT2D eigenvalue weighted by molar-refractivity contribution is 0.317. The minimum atomic E-state index is 0.462. The molecule has 0 aliphatic heterocycles. The van der Waals surface area contributed by atoms with E-state index in [9.17, 15) is 0 Å². The molecule has 0 spiro atoms. The van der Waals surface area contributed by atoms with Crippen LogP contribution in [-0.2, 0) is 6.54 Å². The van der Waals surface area contributed by atoms with Gasteiger partial charge in [0.05, 0.1) is 16.7 Å². The number of nitrogens with zero attached hydrogens (tertiary/aromatic N) is 4. The summed E-state index contributed by atoms with van der Waals surface area (Å²) in [4.78, 5) is 9.01. The first kappa shape index (κ1) is 14.3. The second-order valence-corrected chi connectivity index (χ2v) is 5.46. The molecular formula is C16H19N5O. The average molecular weight is 297 g/mol. The fourth-order valence-electron chi connectivity index (χ4n) is 2.79. The highest BCUT2D eigenvalue weighted by Gasteiger charge is 2.14. The summed E-state index contributed by atoms with van der Waals surface area (Å²) in [7, 11) is 0. The summed E-state index contributed by atoms with van der Waals surface area (Å²) >= 11 is 0. The van der Waals surface area contributed by atoms with Gasteiger partial charge in [-0.1, -0.05) is 23.4 Å². The molecule has 0 atom stereocenters. The second kappa shape index (κ2) is 5.63. The van der Waals surface area contributed by atoms with Gasteiger partial charge in [-0.05, 0) is 32.8 Å². The van der Waals surface area contributed by atoms with Crippen LogP contribution in [0.2, 0.25) is 0 Å². The molecule has 2 heterocycles. The summed E-state index contributed by atoms with van der Waals surface area (Å²) in [6.07, 6.45) is 1.62. The molecule has 0 saturated carbocycles. The molecule has 3 rings (SSSR count). The van der Waals surface area contributed by atoms with E-state index in [1.54, 1.807) is 0 Å². The molecule has 114 valence electrons. The van der Waals surface area contributed by atoms with E-state index in [0.29, 0.717) is 5.82 Å². The molecule has 3 N–H and O–H groups in total. The minimum Gasteiger partial charge on any atom is -0.411 e. The van der Waals surface area contributed by atoms with E-state index in [0.717, 1.165) is 52.9 Å². The van der Waals surface area contributed by atoms with E-state index in [2.05, 4.69) is 19.7 Å². The Kier molecular flexibility index (Phi) is 3.66. The number of aromatic nitrogens is 3. The van der Waals surface area contributed by atoms with E-state index in [1.165, 1.54) is 0 Å². The summed E-state index contributed by atoms with van der Waals surface area (Å²) in [5.74, 6) is 1.38. The van der Waals surface area contributed by atoms with Crippen molar-refractivity contribution >= 4 is 33.5 Å². The molecule has 0 aliphatic rings. The van der Waals surface area contributed by atoms with Crippen LogP contribution in [0.15, 0.2) is 29.4 Å². The van der Waals surface area contributed by atoms with E-state index in [-0.39, 0.29) is 0 Å². The number of fused-ring (bicyclic) bond motifs is 3. The first-order chi connectivity index (χ1) is 10.6. The fourth-order valence-corrected chi connectivity index (χ4v) is 2.79. The van der Waals surface area contributed by atoms with Gasteiger partial charge in [-0.3, -0.25) is 0 Å². The predicted molar refractivity (Wildman–Crippen MR) is 88.3 cm³/mol. The smallest absolute Gasteiger partial charge is 0.152 e. The van der Waals surface area contributed by atoms with Crippen LogP contribution in [0, 0.1) is 6.92 Å². The minimum absolute atomic E-state index is 0.462. The van der Waals surface area contributed by atoms with E-state index < -0.39 is 0 Å². The highest BCUT2D eigenvalue weighted by Crippen LogP contribution is 2.28. The van der Waals surface area contributed by atoms with Gasteiger partial charge in [0.1, 0.15) is 11.3 Å². The fraction of sp³-hybridized carbons (Fsp3) is 0.312. The molecular weight excluding hydrogens is 278 g/mol. The lowest BCUT2D eigenvalue weighted by Gasteiger charge is -2.09. The summed E-state index contributed by atoms with van der Waals surface area (Å²) < 4.78 is 2.17. The largest absolute Gasteiger partial charge is 0.411 e. The Hall–Kier alpha value is -2.63. The highest BCUT2D eigenvalue weighted by molar-refractivity contribution is 6.06. The van der Waals surface area contributed by atoms with Crippen molar-refractivity contribution in [2.75, 3.05) is 5.73 Å². The number of nitrogens with two attached hydrogens (primary N) is 1. The molecule has 0 fully saturated rings. The molecule has 1 aromatic carbocycles. The Morgan fingerprint density at radius 1 is 1.32 bits per heavy atom. The number of oxime groups is 1. The Labute approximate surface area is 128 Å². The monoisotopic (exact) mass is 297 g/mol. The maximum Gasteiger partial charge on any atom is 0.152 e. The van der Waals surface area contributed by atoms with Crippen molar-refractivity contribution in [2.45, 2.75) is 33.2 Å². The van der Waals surface area contributed by atoms with Gasteiger partial charge >= 0.3 is 0 Å². The first-order valence-corrected chi connectivity index (χ1v) is 7.30. The first-order valence-electron chi connectivity index (χ1n) is 7.30. The van der Waals surface area contributed by atoms with Crippen molar-refractivity contribution in [3.63, 3.8) is 0 Å². The normalized spacial score (nSPS) is 12.4. The van der Waals surface area contributed by atoms with Gasteiger partial charge < -0.3 is 15.5 Å². The zero-order chi connectivity index (χ0) is 15.7. The van der Waals surface area contributed by atoms with Crippen LogP contribution in [0.4, 0.5) is 5.82 Å². The number of rotatable bonds is 4. The topological polar surface area (TPSA) is 89.3 Å². The Morgan fingerprint density at radius 3 is 2.86 bits per heavy atom. The van der Waals surface area contributed by atoms with Crippen LogP contribution >= 0.6 is 0 Å². The molecule has 6 nitrogen and oxygen atoms in total. The number of hydrogen-bond acceptors (Lipinski definition) is 5. The van der Waals surface area contributed by atoms with Crippen LogP contribution in [0.3, 0.4) is 0 Å². The number of hydrogen-bond donors (Lipinski definition) is 2. The van der Waals surface area contributed by atoms with Gasteiger partial charge in [0.2, 0.25) is 0 Å². The molecule has 0 bridgehead atoms. The molecule has 3 aromatic rings. The van der Waals surface area contributed by atoms with Crippen molar-refractivity contribution in [1.82, 2.24) is 14.5 Å². The van der Waals surface area contributed by atoms with Crippen LogP contribution < -0.4 is 5.73 Å². The third kappa shape index (κ3) is 2.36. The number of pyridine rings is 1. The van der Waals surface area contributed by atoms with Gasteiger partial charge in [-0.2, -0.15) is 0 Å². The van der Waals surface area contributed by atoms with Gasteiger partial charge in [0, 0.05) is 11.9 Å². The highest BCUT2D eigenvalue weighted by atomic mass is 16.4. The average Bonchev–Trinajstić information content (AvgIpc) is 2.85. The molecule has 0 amide bonds. The molecule has 22 heavy (non-hydrogen) atoms. The van der Waals surface area contributed by atoms with Gasteiger partial charge in [0.25, 0.3) is 0 Å². The van der Waals surface area contributed by atoms with Crippen molar-refractivity contribution in [3.8, 4) is 0 Å². The van der Waals surface area contributed by atoms with Crippen molar-refractivity contribution in [1.29, 1.82) is 0 Å². The Bertz CT molecular complexity index is 866. The SMILES string of the molecule is C/C(CCCn1c(C)nc2c(N)nc3ccccc3c21)=N\O. The Balaban J connectivity index is 2.11. The van der Waals surface area contributed by atoms with Crippen LogP contribution in [-0.4, -0.2) is 25.5 Å². The zero-order valence-electron chi connectivity index (χ0n) is 12.7. The summed E-state index contributed by atoms with van der Waals surface area (Å²) in [6, 6.07) is 7.95. The van der Waals surface area contributed by atoms with Gasteiger partial charge in [-0.15, -0.1) is 0 Å².